The van der Waals surface area contributed by atoms with Crippen molar-refractivity contribution >= 4 is 16.7 Å². The van der Waals surface area contributed by atoms with Gasteiger partial charge in [0.1, 0.15) is 0 Å². The maximum Gasteiger partial charge on any atom is 0.0712 e. The van der Waals surface area contributed by atoms with Crippen LogP contribution < -0.4 is 0 Å². The van der Waals surface area contributed by atoms with Crippen molar-refractivity contribution in [2.45, 2.75) is 47.5 Å². The number of allylic oxidation sites excluding steroid dienone is 12. The maximum absolute atomic E-state index is 5.00. The Morgan fingerprint density at radius 2 is 1.68 bits per heavy atom. The molecule has 0 amide bonds. The molecule has 1 nitrogen and oxygen atoms in total. The summed E-state index contributed by atoms with van der Waals surface area (Å²) in [6.07, 6.45) is 20.7. The lowest BCUT2D eigenvalue weighted by Crippen LogP contribution is -1.98. The molecule has 0 N–H and O–H groups in total. The van der Waals surface area contributed by atoms with E-state index >= 15 is 0 Å². The minimum Gasteiger partial charge on any atom is -0.248 e. The van der Waals surface area contributed by atoms with E-state index in [-0.39, 0.29) is 0 Å². The fraction of sp³-hybridized carbons (Fsp3) is 0.296. The van der Waals surface area contributed by atoms with Crippen LogP contribution in [-0.4, -0.2) is 4.98 Å². The highest BCUT2D eigenvalue weighted by Gasteiger charge is 2.10. The fourth-order valence-electron chi connectivity index (χ4n) is 2.89. The third kappa shape index (κ3) is 7.15. The number of hydrogen-bond donors (Lipinski definition) is 0. The molecule has 1 rings (SSSR count). The Morgan fingerprint density at radius 1 is 1.00 bits per heavy atom. The van der Waals surface area contributed by atoms with Crippen LogP contribution in [0.4, 0.5) is 0 Å². The molecular weight excluding hydrogens is 338 g/mol. The van der Waals surface area contributed by atoms with Crippen LogP contribution in [0.5, 0.6) is 0 Å². The second kappa shape index (κ2) is 12.7. The molecule has 0 fully saturated rings. The Kier molecular flexibility index (Phi) is 10.6. The summed E-state index contributed by atoms with van der Waals surface area (Å²) in [6, 6.07) is 4.30. The van der Waals surface area contributed by atoms with Crippen molar-refractivity contribution in [1.82, 2.24) is 4.98 Å². The summed E-state index contributed by atoms with van der Waals surface area (Å²) < 4.78 is 0. The van der Waals surface area contributed by atoms with E-state index in [9.17, 15) is 0 Å². The van der Waals surface area contributed by atoms with Crippen molar-refractivity contribution in [2.75, 3.05) is 0 Å². The van der Waals surface area contributed by atoms with Gasteiger partial charge in [-0.3, -0.25) is 0 Å². The van der Waals surface area contributed by atoms with Gasteiger partial charge in [0.25, 0.3) is 0 Å². The Bertz CT molecular complexity index is 811. The van der Waals surface area contributed by atoms with Crippen LogP contribution in [0.15, 0.2) is 80.0 Å². The molecule has 0 bridgehead atoms. The first kappa shape index (κ1) is 23.4. The van der Waals surface area contributed by atoms with E-state index in [4.69, 9.17) is 4.98 Å². The maximum atomic E-state index is 5.00. The van der Waals surface area contributed by atoms with E-state index in [0.29, 0.717) is 5.92 Å². The van der Waals surface area contributed by atoms with Crippen molar-refractivity contribution in [3.05, 3.63) is 96.9 Å². The average molecular weight is 374 g/mol. The quantitative estimate of drug-likeness (QED) is 0.376. The van der Waals surface area contributed by atoms with Crippen molar-refractivity contribution in [2.24, 2.45) is 5.92 Å². The first-order valence-electron chi connectivity index (χ1n) is 10.2. The van der Waals surface area contributed by atoms with Gasteiger partial charge in [-0.15, -0.1) is 0 Å². The van der Waals surface area contributed by atoms with Crippen molar-refractivity contribution in [3.63, 3.8) is 0 Å². The zero-order chi connectivity index (χ0) is 20.9. The molecule has 28 heavy (non-hydrogen) atoms. The summed E-state index contributed by atoms with van der Waals surface area (Å²) >= 11 is 0. The summed E-state index contributed by atoms with van der Waals surface area (Å²) in [5.74, 6) is 0.422. The Morgan fingerprint density at radius 3 is 2.18 bits per heavy atom. The zero-order valence-electron chi connectivity index (χ0n) is 18.2. The molecule has 1 aromatic heterocycles. The number of rotatable bonds is 10. The van der Waals surface area contributed by atoms with E-state index in [1.807, 2.05) is 31.2 Å². The lowest BCUT2D eigenvalue weighted by Gasteiger charge is -2.12. The molecule has 0 atom stereocenters. The molecule has 0 saturated carbocycles. The molecule has 0 aliphatic rings. The topological polar surface area (TPSA) is 12.9 Å². The highest BCUT2D eigenvalue weighted by molar-refractivity contribution is 5.82. The average Bonchev–Trinajstić information content (AvgIpc) is 2.68. The SMILES string of the molecule is C=C/C=C(\C=C/C)c1cc(/C(C=C)=C/C(C)C)nc(C(/C=C\CC)=C/CC)c1. The molecule has 0 aliphatic heterocycles. The Balaban J connectivity index is 3.78. The fourth-order valence-corrected chi connectivity index (χ4v) is 2.89. The molecule has 0 spiro atoms. The van der Waals surface area contributed by atoms with Crippen LogP contribution in [0.25, 0.3) is 16.7 Å². The Labute approximate surface area is 172 Å². The van der Waals surface area contributed by atoms with E-state index in [2.05, 4.69) is 83.4 Å². The molecule has 0 aliphatic carbocycles. The van der Waals surface area contributed by atoms with Gasteiger partial charge >= 0.3 is 0 Å². The number of hydrogen-bond acceptors (Lipinski definition) is 1. The summed E-state index contributed by atoms with van der Waals surface area (Å²) in [5.41, 5.74) is 6.38. The van der Waals surface area contributed by atoms with Gasteiger partial charge in [0.15, 0.2) is 0 Å². The van der Waals surface area contributed by atoms with Crippen LogP contribution in [0, 0.1) is 5.92 Å². The van der Waals surface area contributed by atoms with Gasteiger partial charge in [-0.2, -0.15) is 0 Å². The van der Waals surface area contributed by atoms with Crippen molar-refractivity contribution in [3.8, 4) is 0 Å². The Hall–Kier alpha value is -2.67. The number of aromatic nitrogens is 1. The second-order valence-electron chi connectivity index (χ2n) is 6.93. The predicted molar refractivity (Wildman–Crippen MR) is 128 cm³/mol. The van der Waals surface area contributed by atoms with Gasteiger partial charge < -0.3 is 0 Å². The van der Waals surface area contributed by atoms with Gasteiger partial charge in [0.05, 0.1) is 11.4 Å². The minimum absolute atomic E-state index is 0.422. The lowest BCUT2D eigenvalue weighted by molar-refractivity contribution is 0.833. The van der Waals surface area contributed by atoms with Gasteiger partial charge in [0.2, 0.25) is 0 Å². The molecular formula is C27H35N. The summed E-state index contributed by atoms with van der Waals surface area (Å²) in [6.45, 7) is 18.6. The molecule has 148 valence electrons. The molecule has 1 heteroatoms. The summed E-state index contributed by atoms with van der Waals surface area (Å²) in [5, 5.41) is 0. The molecule has 0 unspecified atom stereocenters. The first-order chi connectivity index (χ1) is 13.5. The van der Waals surface area contributed by atoms with Crippen LogP contribution in [-0.2, 0) is 0 Å². The van der Waals surface area contributed by atoms with Crippen LogP contribution in [0.2, 0.25) is 0 Å². The normalized spacial score (nSPS) is 13.7. The molecule has 0 radical (unpaired) electrons. The van der Waals surface area contributed by atoms with Crippen molar-refractivity contribution < 1.29 is 0 Å². The van der Waals surface area contributed by atoms with E-state index in [1.165, 1.54) is 0 Å². The highest BCUT2D eigenvalue weighted by atomic mass is 14.7. The first-order valence-corrected chi connectivity index (χ1v) is 10.2. The third-order valence-electron chi connectivity index (χ3n) is 4.08. The smallest absolute Gasteiger partial charge is 0.0712 e. The van der Waals surface area contributed by atoms with E-state index in [0.717, 1.165) is 46.5 Å². The van der Waals surface area contributed by atoms with Gasteiger partial charge in [-0.1, -0.05) is 95.5 Å². The lowest BCUT2D eigenvalue weighted by atomic mass is 9.97. The standard InChI is InChI=1S/C27H35N/c1-8-13-17-24(16-11-4)27-20-25(23(14-9-2)15-10-3)19-26(28-27)22(12-5)18-21(6)7/h9-10,12-21H,2,5,8,11H2,1,3-4,6-7H3/b15-10-,17-13-,22-18+,23-14+,24-16+. The third-order valence-corrected chi connectivity index (χ3v) is 4.08. The number of nitrogens with zero attached hydrogens (tertiary/aromatic N) is 1. The van der Waals surface area contributed by atoms with Gasteiger partial charge in [-0.05, 0) is 60.1 Å². The van der Waals surface area contributed by atoms with Crippen LogP contribution >= 0.6 is 0 Å². The van der Waals surface area contributed by atoms with Crippen LogP contribution in [0.1, 0.15) is 64.4 Å². The molecule has 0 saturated heterocycles. The molecule has 1 aromatic rings. The monoisotopic (exact) mass is 373 g/mol. The predicted octanol–water partition coefficient (Wildman–Crippen LogP) is 8.21. The van der Waals surface area contributed by atoms with E-state index < -0.39 is 0 Å². The van der Waals surface area contributed by atoms with Gasteiger partial charge in [0, 0.05) is 0 Å². The second-order valence-corrected chi connectivity index (χ2v) is 6.93. The van der Waals surface area contributed by atoms with Gasteiger partial charge in [-0.25, -0.2) is 4.98 Å². The molecule has 0 aromatic carbocycles. The summed E-state index contributed by atoms with van der Waals surface area (Å²) in [7, 11) is 0. The summed E-state index contributed by atoms with van der Waals surface area (Å²) in [4.78, 5) is 5.00. The van der Waals surface area contributed by atoms with Crippen molar-refractivity contribution in [1.29, 1.82) is 0 Å². The zero-order valence-corrected chi connectivity index (χ0v) is 18.2. The minimum atomic E-state index is 0.422. The van der Waals surface area contributed by atoms with E-state index in [1.54, 1.807) is 0 Å². The number of pyridine rings is 1. The van der Waals surface area contributed by atoms with Crippen LogP contribution in [0.3, 0.4) is 0 Å². The molecule has 1 heterocycles. The highest BCUT2D eigenvalue weighted by Crippen LogP contribution is 2.27. The largest absolute Gasteiger partial charge is 0.248 e.